The Morgan fingerprint density at radius 1 is 0.974 bits per heavy atom. The summed E-state index contributed by atoms with van der Waals surface area (Å²) in [5, 5.41) is 12.9. The number of aliphatic carboxylic acids is 1. The number of halogens is 6. The topological polar surface area (TPSA) is 155 Å². The molecule has 0 amide bonds. The number of sulfonamides is 1. The second-order valence-electron chi connectivity index (χ2n) is 6.85. The second-order valence-corrected chi connectivity index (χ2v) is 8.73. The third kappa shape index (κ3) is 9.69. The van der Waals surface area contributed by atoms with Gasteiger partial charge in [-0.15, -0.1) is 0 Å². The smallest absolute Gasteiger partial charge is 0.482 e. The van der Waals surface area contributed by atoms with E-state index in [9.17, 15) is 34.8 Å². The van der Waals surface area contributed by atoms with Crippen molar-refractivity contribution in [1.29, 1.82) is 0 Å². The molecule has 0 aliphatic carbocycles. The molecule has 4 N–H and O–H groups in total. The van der Waals surface area contributed by atoms with E-state index < -0.39 is 35.0 Å². The average molecular weight is 568 g/mol. The summed E-state index contributed by atoms with van der Waals surface area (Å²) < 4.78 is 101. The van der Waals surface area contributed by atoms with Crippen molar-refractivity contribution < 1.29 is 49.4 Å². The van der Waals surface area contributed by atoms with Gasteiger partial charge in [0.1, 0.15) is 23.7 Å². The van der Waals surface area contributed by atoms with E-state index in [1.165, 1.54) is 19.4 Å². The monoisotopic (exact) mass is 568 g/mol. The van der Waals surface area contributed by atoms with Crippen molar-refractivity contribution in [3.63, 3.8) is 0 Å². The van der Waals surface area contributed by atoms with Crippen LogP contribution in [0.3, 0.4) is 0 Å². The zero-order valence-corrected chi connectivity index (χ0v) is 19.8. The maximum absolute atomic E-state index is 12.6. The molecule has 1 aromatic carbocycles. The van der Waals surface area contributed by atoms with Crippen LogP contribution in [0.5, 0.6) is 5.75 Å². The van der Waals surface area contributed by atoms with Crippen LogP contribution in [0.25, 0.3) is 0 Å². The number of benzene rings is 1. The molecule has 0 bridgehead atoms. The van der Waals surface area contributed by atoms with Crippen LogP contribution in [0.15, 0.2) is 60.0 Å². The summed E-state index contributed by atoms with van der Waals surface area (Å²) in [6.45, 7) is -1.54. The molecule has 3 rings (SSSR count). The SMILES string of the molecule is CNS(=O)(=O)c1ccc(OCC(F)(F)F)c(Nc2cc(Nc3ccncc3)ncn2)c1.O=C(O)C(F)(F)F. The van der Waals surface area contributed by atoms with Crippen LogP contribution >= 0.6 is 0 Å². The Morgan fingerprint density at radius 2 is 1.55 bits per heavy atom. The van der Waals surface area contributed by atoms with Crippen molar-refractivity contribution in [3.8, 4) is 5.75 Å². The molecule has 0 saturated heterocycles. The Hall–Kier alpha value is -4.19. The molecular formula is C20H18F6N6O5S. The van der Waals surface area contributed by atoms with E-state index in [0.717, 1.165) is 18.2 Å². The first-order chi connectivity index (χ1) is 17.6. The zero-order chi connectivity index (χ0) is 28.6. The summed E-state index contributed by atoms with van der Waals surface area (Å²) in [6, 6.07) is 8.34. The largest absolute Gasteiger partial charge is 0.490 e. The number of hydrogen-bond acceptors (Lipinski definition) is 9. The molecule has 0 radical (unpaired) electrons. The van der Waals surface area contributed by atoms with Crippen molar-refractivity contribution >= 4 is 39.0 Å². The fraction of sp³-hybridized carbons (Fsp3) is 0.200. The number of pyridine rings is 1. The third-order valence-corrected chi connectivity index (χ3v) is 5.46. The molecule has 3 aromatic rings. The van der Waals surface area contributed by atoms with Crippen LogP contribution < -0.4 is 20.1 Å². The molecule has 0 aliphatic rings. The molecule has 0 spiro atoms. The number of ether oxygens (including phenoxy) is 1. The molecule has 0 aliphatic heterocycles. The van der Waals surface area contributed by atoms with Crippen LogP contribution in [0, 0.1) is 0 Å². The fourth-order valence-electron chi connectivity index (χ4n) is 2.39. The number of alkyl halides is 6. The predicted octanol–water partition coefficient (Wildman–Crippen LogP) is 3.84. The molecule has 11 nitrogen and oxygen atoms in total. The van der Waals surface area contributed by atoms with Gasteiger partial charge in [0.05, 0.1) is 10.6 Å². The maximum atomic E-state index is 12.6. The van der Waals surface area contributed by atoms with Crippen molar-refractivity contribution in [3.05, 3.63) is 55.1 Å². The van der Waals surface area contributed by atoms with Crippen LogP contribution in [0.4, 0.5) is 49.4 Å². The minimum Gasteiger partial charge on any atom is -0.482 e. The Balaban J connectivity index is 0.000000638. The van der Waals surface area contributed by atoms with Gasteiger partial charge < -0.3 is 20.5 Å². The number of carboxylic acid groups (broad SMARTS) is 1. The zero-order valence-electron chi connectivity index (χ0n) is 19.0. The fourth-order valence-corrected chi connectivity index (χ4v) is 3.15. The number of carboxylic acids is 1. The number of anilines is 4. The standard InChI is InChI=1S/C18H17F3N6O3S.C2HF3O2/c1-22-31(28,29)13-2-3-15(30-10-18(19,20)21)14(8-13)27-17-9-16(24-11-25-17)26-12-4-6-23-7-5-12;3-2(4,5)1(6)7/h2-9,11,22H,10H2,1H3,(H2,23,24,25,26,27);(H,6,7). The lowest BCUT2D eigenvalue weighted by Crippen LogP contribution is -2.21. The van der Waals surface area contributed by atoms with Crippen LogP contribution in [-0.4, -0.2) is 60.5 Å². The van der Waals surface area contributed by atoms with E-state index in [1.807, 2.05) is 0 Å². The molecule has 38 heavy (non-hydrogen) atoms. The van der Waals surface area contributed by atoms with Gasteiger partial charge in [-0.3, -0.25) is 4.98 Å². The van der Waals surface area contributed by atoms with E-state index in [-0.39, 0.29) is 22.2 Å². The quantitative estimate of drug-likeness (QED) is 0.295. The molecule has 18 heteroatoms. The summed E-state index contributed by atoms with van der Waals surface area (Å²) in [4.78, 5) is 20.7. The maximum Gasteiger partial charge on any atom is 0.490 e. The van der Waals surface area contributed by atoms with Crippen LogP contribution in [0.1, 0.15) is 0 Å². The van der Waals surface area contributed by atoms with Gasteiger partial charge in [0, 0.05) is 24.1 Å². The number of carbonyl (C=O) groups is 1. The molecule has 0 saturated carbocycles. The highest BCUT2D eigenvalue weighted by Gasteiger charge is 2.38. The minimum absolute atomic E-state index is 0.0193. The van der Waals surface area contributed by atoms with Crippen molar-refractivity contribution in [2.24, 2.45) is 0 Å². The number of aromatic nitrogens is 3. The van der Waals surface area contributed by atoms with Crippen molar-refractivity contribution in [2.45, 2.75) is 17.2 Å². The van der Waals surface area contributed by atoms with E-state index in [1.54, 1.807) is 24.5 Å². The summed E-state index contributed by atoms with van der Waals surface area (Å²) >= 11 is 0. The molecular weight excluding hydrogens is 550 g/mol. The highest BCUT2D eigenvalue weighted by Crippen LogP contribution is 2.32. The van der Waals surface area contributed by atoms with E-state index in [4.69, 9.17) is 14.6 Å². The first kappa shape index (κ1) is 30.0. The van der Waals surface area contributed by atoms with Crippen molar-refractivity contribution in [2.75, 3.05) is 24.3 Å². The molecule has 0 unspecified atom stereocenters. The highest BCUT2D eigenvalue weighted by molar-refractivity contribution is 7.89. The first-order valence-corrected chi connectivity index (χ1v) is 11.4. The Morgan fingerprint density at radius 3 is 2.08 bits per heavy atom. The van der Waals surface area contributed by atoms with Gasteiger partial charge in [0.2, 0.25) is 10.0 Å². The van der Waals surface area contributed by atoms with Crippen molar-refractivity contribution in [1.82, 2.24) is 19.7 Å². The summed E-state index contributed by atoms with van der Waals surface area (Å²) in [5.41, 5.74) is 0.685. The number of hydrogen-bond donors (Lipinski definition) is 4. The molecule has 0 fully saturated rings. The molecule has 0 atom stereocenters. The Kier molecular flexibility index (Phi) is 9.78. The normalized spacial score (nSPS) is 11.7. The van der Waals surface area contributed by atoms with Gasteiger partial charge in [0.15, 0.2) is 6.61 Å². The molecule has 206 valence electrons. The number of nitrogens with one attached hydrogen (secondary N) is 3. The third-order valence-electron chi connectivity index (χ3n) is 4.05. The predicted molar refractivity (Wildman–Crippen MR) is 121 cm³/mol. The lowest BCUT2D eigenvalue weighted by molar-refractivity contribution is -0.192. The number of nitrogens with zero attached hydrogens (tertiary/aromatic N) is 3. The van der Waals surface area contributed by atoms with E-state index >= 15 is 0 Å². The Bertz CT molecular complexity index is 1340. The first-order valence-electron chi connectivity index (χ1n) is 9.94. The van der Waals surface area contributed by atoms with Gasteiger partial charge in [-0.05, 0) is 37.4 Å². The summed E-state index contributed by atoms with van der Waals surface area (Å²) in [5.74, 6) is -2.37. The van der Waals surface area contributed by atoms with Gasteiger partial charge in [-0.25, -0.2) is 27.9 Å². The lowest BCUT2D eigenvalue weighted by atomic mass is 10.3. The van der Waals surface area contributed by atoms with Gasteiger partial charge >= 0.3 is 18.3 Å². The van der Waals surface area contributed by atoms with E-state index in [2.05, 4.69) is 30.3 Å². The van der Waals surface area contributed by atoms with Crippen LogP contribution in [0.2, 0.25) is 0 Å². The number of rotatable bonds is 8. The summed E-state index contributed by atoms with van der Waals surface area (Å²) in [6.07, 6.45) is -5.25. The Labute approximate surface area is 211 Å². The molecule has 2 aromatic heterocycles. The molecule has 2 heterocycles. The van der Waals surface area contributed by atoms with E-state index in [0.29, 0.717) is 11.5 Å². The van der Waals surface area contributed by atoms with Gasteiger partial charge in [-0.1, -0.05) is 0 Å². The van der Waals surface area contributed by atoms with Crippen LogP contribution in [-0.2, 0) is 14.8 Å². The van der Waals surface area contributed by atoms with Gasteiger partial charge in [0.25, 0.3) is 0 Å². The average Bonchev–Trinajstić information content (AvgIpc) is 2.83. The minimum atomic E-state index is -5.08. The second kappa shape index (κ2) is 12.4. The lowest BCUT2D eigenvalue weighted by Gasteiger charge is -2.16. The summed E-state index contributed by atoms with van der Waals surface area (Å²) in [7, 11) is -2.62. The van der Waals surface area contributed by atoms with Gasteiger partial charge in [-0.2, -0.15) is 26.3 Å². The highest BCUT2D eigenvalue weighted by atomic mass is 32.2.